The number of urea groups is 1. The number of sulfonamides is 1. The summed E-state index contributed by atoms with van der Waals surface area (Å²) in [6.07, 6.45) is 7.90. The number of nitrogens with one attached hydrogen (secondary N) is 2. The fraction of sp³-hybridized carbons (Fsp3) is 0.318. The zero-order valence-electron chi connectivity index (χ0n) is 17.5. The van der Waals surface area contributed by atoms with E-state index in [0.717, 1.165) is 54.4 Å². The molecule has 2 N–H and O–H groups in total. The molecule has 3 aromatic rings. The number of amides is 2. The second-order valence-electron chi connectivity index (χ2n) is 8.27. The average molecular weight is 454 g/mol. The molecule has 166 valence electrons. The number of carbonyl (C=O) groups is 1. The third-order valence-corrected chi connectivity index (χ3v) is 7.15. The second kappa shape index (κ2) is 7.63. The Morgan fingerprint density at radius 2 is 1.94 bits per heavy atom. The Balaban J connectivity index is 1.45. The van der Waals surface area contributed by atoms with Gasteiger partial charge in [-0.05, 0) is 55.4 Å². The van der Waals surface area contributed by atoms with Crippen LogP contribution in [0.5, 0.6) is 0 Å². The normalized spacial score (nSPS) is 15.4. The summed E-state index contributed by atoms with van der Waals surface area (Å²) in [7, 11) is -2.45. The van der Waals surface area contributed by atoms with Gasteiger partial charge in [-0.15, -0.1) is 0 Å². The highest BCUT2D eigenvalue weighted by atomic mass is 32.2. The van der Waals surface area contributed by atoms with E-state index in [1.807, 2.05) is 12.1 Å². The Labute approximate surface area is 185 Å². The van der Waals surface area contributed by atoms with Crippen LogP contribution < -0.4 is 15.6 Å². The topological polar surface area (TPSA) is 115 Å². The van der Waals surface area contributed by atoms with Crippen LogP contribution in [0, 0.1) is 0 Å². The highest BCUT2D eigenvalue weighted by molar-refractivity contribution is 7.90. The van der Waals surface area contributed by atoms with Gasteiger partial charge in [0, 0.05) is 36.6 Å². The fourth-order valence-electron chi connectivity index (χ4n) is 4.12. The molecule has 2 aromatic heterocycles. The van der Waals surface area contributed by atoms with Crippen LogP contribution in [0.1, 0.15) is 36.4 Å². The molecule has 5 rings (SSSR count). The van der Waals surface area contributed by atoms with E-state index >= 15 is 0 Å². The van der Waals surface area contributed by atoms with Crippen molar-refractivity contribution in [1.82, 2.24) is 19.1 Å². The molecule has 10 heteroatoms. The monoisotopic (exact) mass is 453 g/mol. The highest BCUT2D eigenvalue weighted by Crippen LogP contribution is 2.37. The van der Waals surface area contributed by atoms with Gasteiger partial charge in [-0.3, -0.25) is 9.48 Å². The Bertz CT molecular complexity index is 1390. The van der Waals surface area contributed by atoms with E-state index in [-0.39, 0.29) is 16.6 Å². The number of fused-ring (bicyclic) bond motifs is 1. The Morgan fingerprint density at radius 1 is 1.12 bits per heavy atom. The first-order chi connectivity index (χ1) is 15.3. The lowest BCUT2D eigenvalue weighted by Crippen LogP contribution is -2.35. The molecule has 2 aliphatic carbocycles. The predicted octanol–water partition coefficient (Wildman–Crippen LogP) is 2.58. The minimum atomic E-state index is -4.11. The van der Waals surface area contributed by atoms with Crippen molar-refractivity contribution in [3.8, 4) is 11.1 Å². The van der Waals surface area contributed by atoms with Gasteiger partial charge >= 0.3 is 6.03 Å². The van der Waals surface area contributed by atoms with E-state index in [9.17, 15) is 18.0 Å². The summed E-state index contributed by atoms with van der Waals surface area (Å²) < 4.78 is 30.5. The summed E-state index contributed by atoms with van der Waals surface area (Å²) in [6.45, 7) is 0. The van der Waals surface area contributed by atoms with Gasteiger partial charge < -0.3 is 9.88 Å². The van der Waals surface area contributed by atoms with Crippen molar-refractivity contribution in [3.05, 3.63) is 64.2 Å². The lowest BCUT2D eigenvalue weighted by atomic mass is 9.98. The fourth-order valence-corrected chi connectivity index (χ4v) is 4.96. The number of anilines is 1. The van der Waals surface area contributed by atoms with Crippen LogP contribution in [-0.4, -0.2) is 28.8 Å². The molecule has 0 atom stereocenters. The van der Waals surface area contributed by atoms with Gasteiger partial charge in [0.2, 0.25) is 5.56 Å². The first-order valence-electron chi connectivity index (χ1n) is 10.5. The Hall–Kier alpha value is -3.40. The second-order valence-corrected chi connectivity index (χ2v) is 9.90. The number of aryl methyl sites for hydroxylation is 2. The largest absolute Gasteiger partial charge is 0.333 e. The number of pyridine rings is 1. The molecule has 1 aromatic carbocycles. The van der Waals surface area contributed by atoms with Gasteiger partial charge in [0.25, 0.3) is 10.0 Å². The highest BCUT2D eigenvalue weighted by Gasteiger charge is 2.28. The summed E-state index contributed by atoms with van der Waals surface area (Å²) in [5.74, 6) is 0. The molecular formula is C22H23N5O4S. The van der Waals surface area contributed by atoms with Crippen LogP contribution in [0.2, 0.25) is 0 Å². The summed E-state index contributed by atoms with van der Waals surface area (Å²) in [4.78, 5) is 24.6. The van der Waals surface area contributed by atoms with Gasteiger partial charge in [-0.1, -0.05) is 12.1 Å². The van der Waals surface area contributed by atoms with Crippen LogP contribution in [0.25, 0.3) is 11.1 Å². The number of hydrogen-bond acceptors (Lipinski definition) is 5. The number of benzene rings is 1. The van der Waals surface area contributed by atoms with Crippen molar-refractivity contribution in [2.75, 3.05) is 5.32 Å². The lowest BCUT2D eigenvalue weighted by Gasteiger charge is -2.17. The molecular weight excluding hydrogens is 430 g/mol. The molecule has 0 aliphatic heterocycles. The summed E-state index contributed by atoms with van der Waals surface area (Å²) in [5, 5.41) is 6.67. The maximum atomic E-state index is 12.8. The van der Waals surface area contributed by atoms with Crippen molar-refractivity contribution in [2.45, 2.75) is 43.2 Å². The van der Waals surface area contributed by atoms with Gasteiger partial charge in [0.1, 0.15) is 0 Å². The first kappa shape index (κ1) is 20.5. The van der Waals surface area contributed by atoms with Crippen LogP contribution in [-0.2, 0) is 29.9 Å². The first-order valence-corrected chi connectivity index (χ1v) is 12.0. The van der Waals surface area contributed by atoms with Crippen molar-refractivity contribution < 1.29 is 13.2 Å². The van der Waals surface area contributed by atoms with Gasteiger partial charge in [0.15, 0.2) is 5.03 Å². The van der Waals surface area contributed by atoms with E-state index in [0.29, 0.717) is 5.69 Å². The van der Waals surface area contributed by atoms with Crippen LogP contribution >= 0.6 is 0 Å². The average Bonchev–Trinajstić information content (AvgIpc) is 3.26. The zero-order chi connectivity index (χ0) is 22.5. The van der Waals surface area contributed by atoms with Crippen LogP contribution in [0.3, 0.4) is 0 Å². The molecule has 2 heterocycles. The minimum Gasteiger partial charge on any atom is -0.318 e. The molecule has 1 saturated carbocycles. The minimum absolute atomic E-state index is 0.140. The number of nitrogens with zero attached hydrogens (tertiary/aromatic N) is 3. The van der Waals surface area contributed by atoms with Crippen LogP contribution in [0.15, 0.2) is 52.5 Å². The third-order valence-electron chi connectivity index (χ3n) is 5.93. The molecule has 2 aliphatic rings. The molecule has 0 radical (unpaired) electrons. The van der Waals surface area contributed by atoms with E-state index < -0.39 is 16.1 Å². The van der Waals surface area contributed by atoms with Crippen molar-refractivity contribution >= 4 is 21.7 Å². The molecule has 0 spiro atoms. The van der Waals surface area contributed by atoms with Gasteiger partial charge in [-0.25, -0.2) is 9.52 Å². The number of carbonyl (C=O) groups excluding carboxylic acids is 1. The number of rotatable bonds is 5. The summed E-state index contributed by atoms with van der Waals surface area (Å²) in [6, 6.07) is 7.86. The van der Waals surface area contributed by atoms with E-state index in [1.54, 1.807) is 30.2 Å². The number of aromatic nitrogens is 3. The molecule has 0 bridgehead atoms. The van der Waals surface area contributed by atoms with Crippen molar-refractivity contribution in [3.63, 3.8) is 0 Å². The zero-order valence-corrected chi connectivity index (χ0v) is 18.4. The van der Waals surface area contributed by atoms with Crippen molar-refractivity contribution in [1.29, 1.82) is 0 Å². The predicted molar refractivity (Wildman–Crippen MR) is 119 cm³/mol. The molecule has 1 fully saturated rings. The third kappa shape index (κ3) is 3.81. The molecule has 0 saturated heterocycles. The maximum Gasteiger partial charge on any atom is 0.333 e. The van der Waals surface area contributed by atoms with E-state index in [4.69, 9.17) is 0 Å². The molecule has 9 nitrogen and oxygen atoms in total. The maximum absolute atomic E-state index is 12.8. The smallest absolute Gasteiger partial charge is 0.318 e. The quantitative estimate of drug-likeness (QED) is 0.616. The van der Waals surface area contributed by atoms with Gasteiger partial charge in [0.05, 0.1) is 11.7 Å². The van der Waals surface area contributed by atoms with E-state index in [1.165, 1.54) is 16.7 Å². The van der Waals surface area contributed by atoms with E-state index in [2.05, 4.69) is 15.1 Å². The molecule has 0 unspecified atom stereocenters. The molecule has 2 amide bonds. The lowest BCUT2D eigenvalue weighted by molar-refractivity contribution is 0.256. The molecule has 32 heavy (non-hydrogen) atoms. The SMILES string of the molecule is Cn1cc(-c2ccc3c(c2NC(=O)NS(=O)(=O)c2ccn(C4CC4)n2)CCC3)ccc1=O. The summed E-state index contributed by atoms with van der Waals surface area (Å²) >= 11 is 0. The number of hydrogen-bond donors (Lipinski definition) is 2. The Kier molecular flexibility index (Phi) is 4.89. The van der Waals surface area contributed by atoms with Gasteiger partial charge in [-0.2, -0.15) is 13.5 Å². The van der Waals surface area contributed by atoms with Crippen molar-refractivity contribution in [2.24, 2.45) is 7.05 Å². The van der Waals surface area contributed by atoms with Crippen LogP contribution in [0.4, 0.5) is 10.5 Å². The standard InChI is InChI=1S/C22H23N5O4S/c1-26-13-15(6-10-20(26)28)18-9-5-14-3-2-4-17(14)21(18)23-22(29)25-32(30,31)19-11-12-27(24-19)16-7-8-16/h5-6,9-13,16H,2-4,7-8H2,1H3,(H2,23,25,29). The summed E-state index contributed by atoms with van der Waals surface area (Å²) in [5.41, 5.74) is 4.02. The Morgan fingerprint density at radius 3 is 2.69 bits per heavy atom.